The molecule has 5 fully saturated rings. The number of Topliss-reactive ketones (excluding diaryl/α,β-unsaturated/α-hetero) is 1. The molecule has 3 aliphatic heterocycles. The molecule has 0 radical (unpaired) electrons. The van der Waals surface area contributed by atoms with Crippen molar-refractivity contribution < 1.29 is 52.2 Å². The summed E-state index contributed by atoms with van der Waals surface area (Å²) in [5.74, 6) is 0.460. The average Bonchev–Trinajstić information content (AvgIpc) is 3.72. The van der Waals surface area contributed by atoms with E-state index in [4.69, 9.17) is 42.6 Å². The number of hydrogen-bond donors (Lipinski definition) is 0. The Morgan fingerprint density at radius 2 is 1.49 bits per heavy atom. The lowest BCUT2D eigenvalue weighted by atomic mass is 9.65. The third-order valence-corrected chi connectivity index (χ3v) is 13.9. The summed E-state index contributed by atoms with van der Waals surface area (Å²) in [6, 6.07) is 0. The molecule has 0 spiro atoms. The van der Waals surface area contributed by atoms with Crippen molar-refractivity contribution in [2.75, 3.05) is 27.9 Å². The van der Waals surface area contributed by atoms with Gasteiger partial charge in [-0.25, -0.2) is 0 Å². The monoisotopic (exact) mass is 748 g/mol. The number of rotatable bonds is 10. The zero-order valence-corrected chi connectivity index (χ0v) is 33.7. The molecule has 11 heteroatoms. The number of ether oxygens (including phenoxy) is 9. The summed E-state index contributed by atoms with van der Waals surface area (Å²) >= 11 is 0. The van der Waals surface area contributed by atoms with Gasteiger partial charge in [0.15, 0.2) is 18.4 Å². The van der Waals surface area contributed by atoms with Gasteiger partial charge in [-0.05, 0) is 114 Å². The van der Waals surface area contributed by atoms with Crippen LogP contribution in [0.5, 0.6) is 0 Å². The number of fused-ring (bicyclic) bond motifs is 5. The first-order valence-electron chi connectivity index (χ1n) is 20.8. The summed E-state index contributed by atoms with van der Waals surface area (Å²) < 4.78 is 56.2. The van der Waals surface area contributed by atoms with Crippen LogP contribution in [0.1, 0.15) is 106 Å². The van der Waals surface area contributed by atoms with Gasteiger partial charge in [0.25, 0.3) is 0 Å². The summed E-state index contributed by atoms with van der Waals surface area (Å²) in [6.45, 7) is 13.0. The van der Waals surface area contributed by atoms with Crippen LogP contribution in [0.15, 0.2) is 11.6 Å². The molecule has 0 aromatic heterocycles. The van der Waals surface area contributed by atoms with Crippen LogP contribution in [0.2, 0.25) is 0 Å². The Morgan fingerprint density at radius 3 is 2.17 bits per heavy atom. The molecule has 3 saturated heterocycles. The molecular formula is C42H68O11. The lowest BCUT2D eigenvalue weighted by molar-refractivity contribution is -0.314. The van der Waals surface area contributed by atoms with Crippen molar-refractivity contribution in [3.63, 3.8) is 0 Å². The number of carbonyl (C=O) groups is 2. The van der Waals surface area contributed by atoms with Crippen molar-refractivity contribution in [3.8, 4) is 0 Å². The van der Waals surface area contributed by atoms with Gasteiger partial charge in [0.2, 0.25) is 0 Å². The summed E-state index contributed by atoms with van der Waals surface area (Å²) in [6.07, 6.45) is 7.09. The third kappa shape index (κ3) is 8.78. The first-order valence-corrected chi connectivity index (χ1v) is 20.8. The Balaban J connectivity index is 1.26. The number of ketones is 1. The number of allylic oxidation sites excluding steroid dienone is 2. The Labute approximate surface area is 317 Å². The van der Waals surface area contributed by atoms with Crippen LogP contribution < -0.4 is 0 Å². The highest BCUT2D eigenvalue weighted by molar-refractivity contribution is 5.99. The molecule has 0 N–H and O–H groups in total. The van der Waals surface area contributed by atoms with E-state index in [2.05, 4.69) is 26.8 Å². The molecule has 3 aliphatic carbocycles. The fraction of sp³-hybridized carbons (Fsp3) is 0.905. The first kappa shape index (κ1) is 41.2. The van der Waals surface area contributed by atoms with E-state index >= 15 is 0 Å². The van der Waals surface area contributed by atoms with Crippen molar-refractivity contribution in [1.82, 2.24) is 0 Å². The van der Waals surface area contributed by atoms with Gasteiger partial charge in [-0.15, -0.1) is 0 Å². The minimum Gasteiger partial charge on any atom is -0.462 e. The van der Waals surface area contributed by atoms with E-state index in [1.807, 2.05) is 20.8 Å². The van der Waals surface area contributed by atoms with Crippen LogP contribution in [-0.2, 0) is 52.2 Å². The van der Waals surface area contributed by atoms with Crippen LogP contribution in [0.3, 0.4) is 0 Å². The van der Waals surface area contributed by atoms with Crippen molar-refractivity contribution >= 4 is 11.8 Å². The molecule has 3 heterocycles. The van der Waals surface area contributed by atoms with Gasteiger partial charge in [-0.1, -0.05) is 26.8 Å². The standard InChI is InChI=1S/C42H68O11/c1-10-26-13-12-14-34(53-37-16-15-22(3)24(5)49-37)23(4)38(44)33-19-29-28-17-27(52-42-41(47-9)40(46-8)39(45-7)25(6)50-42)18-32(28)35(48-11-2)20-30(29)31(33)21-36(43)51-26/h19,22-32,34-35,37,39-42H,10-18,20-21H2,1-9H3/t22-,23+,24?,25?,26-,27-,28-,29-,30+,31-,32+,34-,35?,37-,39-,40?,41-,42-/m0/s1. The quantitative estimate of drug-likeness (QED) is 0.230. The molecule has 302 valence electrons. The Bertz CT molecular complexity index is 1260. The van der Waals surface area contributed by atoms with Crippen molar-refractivity contribution in [1.29, 1.82) is 0 Å². The van der Waals surface area contributed by atoms with Crippen LogP contribution in [0, 0.1) is 41.4 Å². The van der Waals surface area contributed by atoms with E-state index in [0.29, 0.717) is 18.9 Å². The Kier molecular flexibility index (Phi) is 14.2. The molecule has 0 aromatic carbocycles. The average molecular weight is 749 g/mol. The Hall–Kier alpha value is -1.44. The van der Waals surface area contributed by atoms with Gasteiger partial charge < -0.3 is 42.6 Å². The maximum Gasteiger partial charge on any atom is 0.306 e. The van der Waals surface area contributed by atoms with Crippen molar-refractivity contribution in [2.45, 2.75) is 173 Å². The summed E-state index contributed by atoms with van der Waals surface area (Å²) in [5, 5.41) is 0. The summed E-state index contributed by atoms with van der Waals surface area (Å²) in [5.41, 5.74) is 0.774. The topological polar surface area (TPSA) is 117 Å². The van der Waals surface area contributed by atoms with Gasteiger partial charge in [-0.2, -0.15) is 0 Å². The summed E-state index contributed by atoms with van der Waals surface area (Å²) in [4.78, 5) is 28.4. The number of hydrogen-bond acceptors (Lipinski definition) is 11. The third-order valence-electron chi connectivity index (χ3n) is 13.9. The van der Waals surface area contributed by atoms with Crippen LogP contribution >= 0.6 is 0 Å². The van der Waals surface area contributed by atoms with E-state index in [1.54, 1.807) is 21.3 Å². The highest BCUT2D eigenvalue weighted by Gasteiger charge is 2.56. The molecule has 0 bridgehead atoms. The first-order chi connectivity index (χ1) is 25.5. The number of esters is 1. The lowest BCUT2D eigenvalue weighted by Gasteiger charge is -2.44. The molecule has 0 amide bonds. The highest BCUT2D eigenvalue weighted by Crippen LogP contribution is 2.57. The van der Waals surface area contributed by atoms with Crippen LogP contribution in [0.25, 0.3) is 0 Å². The fourth-order valence-electron chi connectivity index (χ4n) is 10.8. The molecular weight excluding hydrogens is 680 g/mol. The molecule has 6 rings (SSSR count). The predicted octanol–water partition coefficient (Wildman–Crippen LogP) is 6.43. The second kappa shape index (κ2) is 18.2. The highest BCUT2D eigenvalue weighted by atomic mass is 16.7. The SMILES string of the molecule is CCOC1C[C@@H]2[C@@H](C=C3C(=O)[C@H](C)[C@@H](O[C@H]4CC[C@H](C)C(C)O4)CCC[C@H](CC)OC(=O)C[C@H]32)[C@@H]2C[C@H](O[C@@H]3OC(C)[C@H](OC)C(OC)[C@@H]3OC)C[C@@H]12. The number of carbonyl (C=O) groups excluding carboxylic acids is 2. The second-order valence-corrected chi connectivity index (χ2v) is 16.9. The van der Waals surface area contributed by atoms with Gasteiger partial charge >= 0.3 is 5.97 Å². The minimum atomic E-state index is -0.616. The van der Waals surface area contributed by atoms with Crippen LogP contribution in [-0.4, -0.2) is 107 Å². The lowest BCUT2D eigenvalue weighted by Crippen LogP contribution is -2.59. The number of cyclic esters (lactones) is 1. The van der Waals surface area contributed by atoms with Crippen molar-refractivity contribution in [2.24, 2.45) is 41.4 Å². The molecule has 2 saturated carbocycles. The fourth-order valence-corrected chi connectivity index (χ4v) is 10.8. The molecule has 6 aliphatic rings. The minimum absolute atomic E-state index is 0.00107. The van der Waals surface area contributed by atoms with E-state index in [1.165, 1.54) is 0 Å². The zero-order chi connectivity index (χ0) is 38.0. The van der Waals surface area contributed by atoms with Crippen molar-refractivity contribution in [3.05, 3.63) is 11.6 Å². The van der Waals surface area contributed by atoms with Gasteiger partial charge in [0.1, 0.15) is 24.4 Å². The summed E-state index contributed by atoms with van der Waals surface area (Å²) in [7, 11) is 4.98. The van der Waals surface area contributed by atoms with E-state index in [0.717, 1.165) is 56.9 Å². The zero-order valence-electron chi connectivity index (χ0n) is 33.7. The van der Waals surface area contributed by atoms with Gasteiger partial charge in [0.05, 0.1) is 36.9 Å². The van der Waals surface area contributed by atoms with E-state index < -0.39 is 12.4 Å². The molecule has 53 heavy (non-hydrogen) atoms. The van der Waals surface area contributed by atoms with E-state index in [-0.39, 0.29) is 109 Å². The normalized spacial score (nSPS) is 46.7. The maximum absolute atomic E-state index is 14.8. The molecule has 0 aromatic rings. The van der Waals surface area contributed by atoms with Gasteiger partial charge in [0, 0.05) is 39.8 Å². The molecule has 18 atom stereocenters. The van der Waals surface area contributed by atoms with Crippen LogP contribution in [0.4, 0.5) is 0 Å². The predicted molar refractivity (Wildman–Crippen MR) is 197 cm³/mol. The van der Waals surface area contributed by atoms with Gasteiger partial charge in [-0.3, -0.25) is 9.59 Å². The number of methoxy groups -OCH3 is 3. The maximum atomic E-state index is 14.8. The largest absolute Gasteiger partial charge is 0.462 e. The molecule has 11 nitrogen and oxygen atoms in total. The second-order valence-electron chi connectivity index (χ2n) is 16.9. The Morgan fingerprint density at radius 1 is 0.755 bits per heavy atom. The smallest absolute Gasteiger partial charge is 0.306 e. The molecule has 4 unspecified atom stereocenters. The van der Waals surface area contributed by atoms with E-state index in [9.17, 15) is 9.59 Å².